The van der Waals surface area contributed by atoms with Crippen molar-refractivity contribution in [3.8, 4) is 0 Å². The van der Waals surface area contributed by atoms with E-state index in [0.29, 0.717) is 0 Å². The van der Waals surface area contributed by atoms with Crippen LogP contribution in [0.25, 0.3) is 10.8 Å². The van der Waals surface area contributed by atoms with Crippen LogP contribution >= 0.6 is 7.92 Å². The van der Waals surface area contributed by atoms with Gasteiger partial charge in [-0.2, -0.15) is 33.9 Å². The first-order valence-electron chi connectivity index (χ1n) is 9.50. The van der Waals surface area contributed by atoms with Crippen molar-refractivity contribution in [2.75, 3.05) is 13.3 Å². The molecular formula is C26H35HfP-2. The van der Waals surface area contributed by atoms with Crippen LogP contribution in [0.15, 0.2) is 61.2 Å². The topological polar surface area (TPSA) is 0 Å². The van der Waals surface area contributed by atoms with E-state index in [4.69, 9.17) is 0 Å². The molecule has 3 aromatic rings. The number of benzene rings is 1. The molecule has 150 valence electrons. The summed E-state index contributed by atoms with van der Waals surface area (Å²) in [4.78, 5) is 0. The van der Waals surface area contributed by atoms with Gasteiger partial charge in [-0.15, -0.1) is 48.3 Å². The minimum atomic E-state index is 0. The second kappa shape index (κ2) is 13.2. The Morgan fingerprint density at radius 1 is 1.00 bits per heavy atom. The molecule has 0 unspecified atom stereocenters. The van der Waals surface area contributed by atoms with Gasteiger partial charge < -0.3 is 0 Å². The maximum atomic E-state index is 3.46. The molecule has 0 aliphatic heterocycles. The summed E-state index contributed by atoms with van der Waals surface area (Å²) in [5.74, 6) is 0. The van der Waals surface area contributed by atoms with Crippen molar-refractivity contribution in [2.24, 2.45) is 0 Å². The number of allylic oxidation sites excluding steroid dienone is 3. The van der Waals surface area contributed by atoms with E-state index in [2.05, 4.69) is 90.9 Å². The minimum absolute atomic E-state index is 0. The van der Waals surface area contributed by atoms with Crippen molar-refractivity contribution in [2.45, 2.75) is 41.5 Å². The fourth-order valence-electron chi connectivity index (χ4n) is 2.93. The maximum absolute atomic E-state index is 3.46. The Balaban J connectivity index is 0.000000416. The van der Waals surface area contributed by atoms with Gasteiger partial charge in [0.2, 0.25) is 0 Å². The zero-order valence-electron chi connectivity index (χ0n) is 18.9. The van der Waals surface area contributed by atoms with Crippen LogP contribution in [0.2, 0.25) is 0 Å². The molecule has 3 aromatic carbocycles. The Morgan fingerprint density at radius 2 is 1.54 bits per heavy atom. The van der Waals surface area contributed by atoms with E-state index in [1.807, 2.05) is 19.1 Å². The SMILES string of the molecule is C=CC=CC.CP(C)c1cc2ccccc2[cH-]1.Cc1c(C)c(C)[c-](C)c1C.[Hf]. The molecule has 0 heterocycles. The first-order valence-corrected chi connectivity index (χ1v) is 11.7. The molecule has 3 rings (SSSR count). The van der Waals surface area contributed by atoms with Crippen LogP contribution in [-0.4, -0.2) is 13.3 Å². The Bertz CT molecular complexity index is 777. The largest absolute Gasteiger partial charge is 0.196 e. The molecule has 0 bridgehead atoms. The molecule has 0 aliphatic rings. The first kappa shape index (κ1) is 27.0. The average Bonchev–Trinajstić information content (AvgIpc) is 3.17. The molecule has 0 amide bonds. The molecule has 0 nitrogen and oxygen atoms in total. The van der Waals surface area contributed by atoms with E-state index in [1.54, 1.807) is 6.08 Å². The normalized spacial score (nSPS) is 10.2. The van der Waals surface area contributed by atoms with Gasteiger partial charge in [0.15, 0.2) is 0 Å². The second-order valence-electron chi connectivity index (χ2n) is 7.12. The third-order valence-corrected chi connectivity index (χ3v) is 6.55. The maximum Gasteiger partial charge on any atom is 0 e. The summed E-state index contributed by atoms with van der Waals surface area (Å²) in [6.07, 6.45) is 5.58. The molecule has 0 fully saturated rings. The predicted molar refractivity (Wildman–Crippen MR) is 129 cm³/mol. The third-order valence-electron chi connectivity index (χ3n) is 5.26. The van der Waals surface area contributed by atoms with Crippen LogP contribution in [0.1, 0.15) is 34.7 Å². The quantitative estimate of drug-likeness (QED) is 0.132. The molecular weight excluding hydrogens is 522 g/mol. The Labute approximate surface area is 193 Å². The summed E-state index contributed by atoms with van der Waals surface area (Å²) in [5, 5.41) is 4.26. The van der Waals surface area contributed by atoms with Crippen molar-refractivity contribution < 1.29 is 25.8 Å². The fourth-order valence-corrected chi connectivity index (χ4v) is 3.73. The van der Waals surface area contributed by atoms with Crippen LogP contribution < -0.4 is 5.30 Å². The molecule has 0 radical (unpaired) electrons. The van der Waals surface area contributed by atoms with Crippen molar-refractivity contribution in [3.05, 3.63) is 89.0 Å². The Kier molecular flexibility index (Phi) is 12.7. The van der Waals surface area contributed by atoms with E-state index < -0.39 is 0 Å². The second-order valence-corrected chi connectivity index (χ2v) is 9.43. The molecule has 28 heavy (non-hydrogen) atoms. The van der Waals surface area contributed by atoms with Gasteiger partial charge in [-0.3, -0.25) is 0 Å². The smallest absolute Gasteiger partial charge is 0 e. The van der Waals surface area contributed by atoms with Gasteiger partial charge in [0, 0.05) is 25.8 Å². The van der Waals surface area contributed by atoms with Gasteiger partial charge in [-0.05, 0) is 20.3 Å². The average molecular weight is 557 g/mol. The predicted octanol–water partition coefficient (Wildman–Crippen LogP) is 7.62. The van der Waals surface area contributed by atoms with E-state index in [0.717, 1.165) is 0 Å². The van der Waals surface area contributed by atoms with Crippen molar-refractivity contribution in [1.82, 2.24) is 0 Å². The van der Waals surface area contributed by atoms with Crippen LogP contribution in [-0.2, 0) is 25.8 Å². The zero-order valence-corrected chi connectivity index (χ0v) is 23.3. The minimum Gasteiger partial charge on any atom is -0.196 e. The molecule has 2 heteroatoms. The molecule has 0 saturated heterocycles. The third kappa shape index (κ3) is 7.41. The molecule has 0 spiro atoms. The van der Waals surface area contributed by atoms with Crippen molar-refractivity contribution in [3.63, 3.8) is 0 Å². The van der Waals surface area contributed by atoms with Crippen LogP contribution in [0.5, 0.6) is 0 Å². The van der Waals surface area contributed by atoms with Crippen molar-refractivity contribution in [1.29, 1.82) is 0 Å². The zero-order chi connectivity index (χ0) is 20.6. The summed E-state index contributed by atoms with van der Waals surface area (Å²) in [7, 11) is 0.0576. The Morgan fingerprint density at radius 3 is 1.86 bits per heavy atom. The summed E-state index contributed by atoms with van der Waals surface area (Å²) >= 11 is 0. The number of fused-ring (bicyclic) bond motifs is 1. The molecule has 0 N–H and O–H groups in total. The fraction of sp³-hybridized carbons (Fsp3) is 0.308. The first-order chi connectivity index (χ1) is 12.7. The summed E-state index contributed by atoms with van der Waals surface area (Å²) < 4.78 is 0. The molecule has 0 atom stereocenters. The van der Waals surface area contributed by atoms with Crippen LogP contribution in [0, 0.1) is 34.6 Å². The Hall–Kier alpha value is -1.04. The number of hydrogen-bond donors (Lipinski definition) is 0. The summed E-state index contributed by atoms with van der Waals surface area (Å²) in [6, 6.07) is 13.2. The van der Waals surface area contributed by atoms with Crippen molar-refractivity contribution >= 4 is 24.0 Å². The van der Waals surface area contributed by atoms with E-state index in [-0.39, 0.29) is 33.8 Å². The van der Waals surface area contributed by atoms with Crippen LogP contribution in [0.4, 0.5) is 0 Å². The van der Waals surface area contributed by atoms with Gasteiger partial charge in [-0.1, -0.05) is 65.5 Å². The summed E-state index contributed by atoms with van der Waals surface area (Å²) in [5.41, 5.74) is 7.34. The van der Waals surface area contributed by atoms with Gasteiger partial charge in [0.05, 0.1) is 0 Å². The van der Waals surface area contributed by atoms with Crippen LogP contribution in [0.3, 0.4) is 0 Å². The monoisotopic (exact) mass is 558 g/mol. The number of rotatable bonds is 2. The van der Waals surface area contributed by atoms with E-state index >= 15 is 0 Å². The van der Waals surface area contributed by atoms with Gasteiger partial charge in [0.25, 0.3) is 0 Å². The molecule has 0 aliphatic carbocycles. The standard InChI is InChI=1S/C11H12P.C10H15.C5H8.Hf/c1-12(2)11-7-9-5-3-4-6-10(9)8-11;1-6-7(2)9(4)10(5)8(6)3;1-3-5-4-2;/h3-8H,1-2H3;1-5H3;3-5H,1H2,2H3;/q2*-1;;. The molecule has 0 saturated carbocycles. The van der Waals surface area contributed by atoms with Gasteiger partial charge in [-0.25, -0.2) is 0 Å². The summed E-state index contributed by atoms with van der Waals surface area (Å²) in [6.45, 7) is 21.0. The van der Waals surface area contributed by atoms with Gasteiger partial charge >= 0.3 is 0 Å². The van der Waals surface area contributed by atoms with E-state index in [1.165, 1.54) is 43.9 Å². The van der Waals surface area contributed by atoms with E-state index in [9.17, 15) is 0 Å². The van der Waals surface area contributed by atoms with Gasteiger partial charge in [0.1, 0.15) is 0 Å². The number of hydrogen-bond acceptors (Lipinski definition) is 0. The molecule has 0 aromatic heterocycles.